The van der Waals surface area contributed by atoms with Crippen molar-refractivity contribution >= 4 is 17.5 Å². The maximum atomic E-state index is 13.0. The Balaban J connectivity index is 1.71. The van der Waals surface area contributed by atoms with Crippen molar-refractivity contribution in [2.75, 3.05) is 44.7 Å². The summed E-state index contributed by atoms with van der Waals surface area (Å²) in [5, 5.41) is 4.88. The number of amides is 2. The Hall–Kier alpha value is -1.99. The number of hydrogen-bond donors (Lipinski definition) is 2. The second-order valence-electron chi connectivity index (χ2n) is 4.67. The number of rotatable bonds is 4. The van der Waals surface area contributed by atoms with Crippen molar-refractivity contribution < 1.29 is 18.7 Å². The molecule has 0 unspecified atom stereocenters. The van der Waals surface area contributed by atoms with Gasteiger partial charge in [0.05, 0.1) is 13.2 Å². The molecule has 1 aromatic carbocycles. The summed E-state index contributed by atoms with van der Waals surface area (Å²) in [6.45, 7) is 4.08. The summed E-state index contributed by atoms with van der Waals surface area (Å²) in [4.78, 5) is 25.4. The van der Waals surface area contributed by atoms with Crippen LogP contribution in [0.1, 0.15) is 0 Å². The fourth-order valence-corrected chi connectivity index (χ4v) is 1.99. The summed E-state index contributed by atoms with van der Waals surface area (Å²) in [6.07, 6.45) is 0. The fourth-order valence-electron chi connectivity index (χ4n) is 1.99. The quantitative estimate of drug-likeness (QED) is 0.779. The van der Waals surface area contributed by atoms with Crippen LogP contribution in [-0.2, 0) is 14.3 Å². The van der Waals surface area contributed by atoms with Gasteiger partial charge in [0.2, 0.25) is 0 Å². The lowest BCUT2D eigenvalue weighted by Gasteiger charge is -2.26. The lowest BCUT2D eigenvalue weighted by atomic mass is 10.3. The first-order valence-electron chi connectivity index (χ1n) is 6.80. The summed E-state index contributed by atoms with van der Waals surface area (Å²) < 4.78 is 18.2. The third-order valence-corrected chi connectivity index (χ3v) is 3.11. The Kier molecular flexibility index (Phi) is 5.65. The Morgan fingerprint density at radius 2 is 2.00 bits per heavy atom. The van der Waals surface area contributed by atoms with E-state index in [1.807, 2.05) is 0 Å². The van der Waals surface area contributed by atoms with Gasteiger partial charge in [0.15, 0.2) is 0 Å². The maximum absolute atomic E-state index is 13.0. The number of morpholine rings is 1. The van der Waals surface area contributed by atoms with Crippen LogP contribution in [-0.4, -0.2) is 56.1 Å². The number of ether oxygens (including phenoxy) is 1. The zero-order valence-corrected chi connectivity index (χ0v) is 11.6. The second kappa shape index (κ2) is 7.70. The molecule has 114 valence electrons. The molecular weight excluding hydrogens is 277 g/mol. The summed E-state index contributed by atoms with van der Waals surface area (Å²) in [7, 11) is 0. The van der Waals surface area contributed by atoms with Crippen molar-refractivity contribution in [1.82, 2.24) is 10.2 Å². The summed E-state index contributed by atoms with van der Waals surface area (Å²) in [5.41, 5.74) is 0.253. The minimum absolute atomic E-state index is 0.253. The molecule has 0 bridgehead atoms. The maximum Gasteiger partial charge on any atom is 0.313 e. The van der Waals surface area contributed by atoms with Gasteiger partial charge in [0.25, 0.3) is 0 Å². The Morgan fingerprint density at radius 1 is 1.24 bits per heavy atom. The molecule has 0 aliphatic carbocycles. The standard InChI is InChI=1S/C14H18FN3O3/c15-11-2-1-3-12(10-11)17-14(20)13(19)16-4-5-18-6-8-21-9-7-18/h1-3,10H,4-9H2,(H,16,19)(H,17,20). The van der Waals surface area contributed by atoms with Crippen molar-refractivity contribution in [3.8, 4) is 0 Å². The van der Waals surface area contributed by atoms with Gasteiger partial charge in [-0.25, -0.2) is 4.39 Å². The predicted octanol–water partition coefficient (Wildman–Crippen LogP) is 0.213. The minimum atomic E-state index is -0.803. The fraction of sp³-hybridized carbons (Fsp3) is 0.429. The molecule has 0 atom stereocenters. The van der Waals surface area contributed by atoms with E-state index in [-0.39, 0.29) is 5.69 Å². The number of anilines is 1. The number of nitrogens with one attached hydrogen (secondary N) is 2. The van der Waals surface area contributed by atoms with Gasteiger partial charge in [-0.3, -0.25) is 14.5 Å². The van der Waals surface area contributed by atoms with Gasteiger partial charge in [-0.15, -0.1) is 0 Å². The number of carbonyl (C=O) groups excluding carboxylic acids is 2. The van der Waals surface area contributed by atoms with Crippen LogP contribution in [0.3, 0.4) is 0 Å². The zero-order valence-electron chi connectivity index (χ0n) is 11.6. The molecule has 6 nitrogen and oxygen atoms in total. The van der Waals surface area contributed by atoms with Gasteiger partial charge >= 0.3 is 11.8 Å². The zero-order chi connectivity index (χ0) is 15.1. The van der Waals surface area contributed by atoms with Gasteiger partial charge in [0, 0.05) is 31.9 Å². The molecule has 0 saturated carbocycles. The van der Waals surface area contributed by atoms with E-state index in [4.69, 9.17) is 4.74 Å². The van der Waals surface area contributed by atoms with Crippen molar-refractivity contribution in [1.29, 1.82) is 0 Å². The molecule has 1 heterocycles. The van der Waals surface area contributed by atoms with Crippen LogP contribution in [0.4, 0.5) is 10.1 Å². The van der Waals surface area contributed by atoms with Crippen LogP contribution in [0, 0.1) is 5.82 Å². The molecule has 1 aromatic rings. The number of carbonyl (C=O) groups is 2. The first-order valence-corrected chi connectivity index (χ1v) is 6.80. The molecule has 1 fully saturated rings. The highest BCUT2D eigenvalue weighted by molar-refractivity contribution is 6.39. The van der Waals surface area contributed by atoms with Crippen LogP contribution in [0.2, 0.25) is 0 Å². The van der Waals surface area contributed by atoms with E-state index >= 15 is 0 Å². The van der Waals surface area contributed by atoms with Crippen molar-refractivity contribution in [2.24, 2.45) is 0 Å². The monoisotopic (exact) mass is 295 g/mol. The first kappa shape index (κ1) is 15.4. The van der Waals surface area contributed by atoms with Crippen molar-refractivity contribution in [3.05, 3.63) is 30.1 Å². The van der Waals surface area contributed by atoms with Crippen LogP contribution in [0.5, 0.6) is 0 Å². The van der Waals surface area contributed by atoms with Crippen molar-refractivity contribution in [2.45, 2.75) is 0 Å². The number of nitrogens with zero attached hydrogens (tertiary/aromatic N) is 1. The molecule has 1 aliphatic rings. The van der Waals surface area contributed by atoms with E-state index in [0.29, 0.717) is 26.3 Å². The number of halogens is 1. The molecule has 2 rings (SSSR count). The smallest absolute Gasteiger partial charge is 0.313 e. The van der Waals surface area contributed by atoms with Gasteiger partial charge in [-0.05, 0) is 18.2 Å². The highest BCUT2D eigenvalue weighted by atomic mass is 19.1. The average molecular weight is 295 g/mol. The van der Waals surface area contributed by atoms with Gasteiger partial charge in [-0.1, -0.05) is 6.07 Å². The van der Waals surface area contributed by atoms with E-state index in [0.717, 1.165) is 19.2 Å². The largest absolute Gasteiger partial charge is 0.379 e. The van der Waals surface area contributed by atoms with Gasteiger partial charge < -0.3 is 15.4 Å². The molecule has 0 spiro atoms. The lowest BCUT2D eigenvalue weighted by molar-refractivity contribution is -0.136. The topological polar surface area (TPSA) is 70.7 Å². The average Bonchev–Trinajstić information content (AvgIpc) is 2.48. The number of benzene rings is 1. The number of hydrogen-bond acceptors (Lipinski definition) is 4. The van der Waals surface area contributed by atoms with Gasteiger partial charge in [-0.2, -0.15) is 0 Å². The summed E-state index contributed by atoms with van der Waals surface area (Å²) >= 11 is 0. The first-order chi connectivity index (χ1) is 10.1. The van der Waals surface area contributed by atoms with E-state index in [9.17, 15) is 14.0 Å². The third kappa shape index (κ3) is 5.13. The summed E-state index contributed by atoms with van der Waals surface area (Å²) in [5.74, 6) is -2.00. The normalized spacial score (nSPS) is 15.5. The van der Waals surface area contributed by atoms with Crippen LogP contribution < -0.4 is 10.6 Å². The molecule has 21 heavy (non-hydrogen) atoms. The van der Waals surface area contributed by atoms with E-state index in [1.54, 1.807) is 0 Å². The Bertz CT molecular complexity index is 504. The molecule has 1 saturated heterocycles. The van der Waals surface area contributed by atoms with Crippen LogP contribution in [0.25, 0.3) is 0 Å². The van der Waals surface area contributed by atoms with Gasteiger partial charge in [0.1, 0.15) is 5.82 Å². The molecule has 2 amide bonds. The highest BCUT2D eigenvalue weighted by Gasteiger charge is 2.15. The molecule has 1 aliphatic heterocycles. The SMILES string of the molecule is O=C(NCCN1CCOCC1)C(=O)Nc1cccc(F)c1. The third-order valence-electron chi connectivity index (χ3n) is 3.11. The molecule has 0 aromatic heterocycles. The molecule has 0 radical (unpaired) electrons. The Morgan fingerprint density at radius 3 is 2.71 bits per heavy atom. The predicted molar refractivity (Wildman–Crippen MR) is 75.3 cm³/mol. The molecule has 2 N–H and O–H groups in total. The van der Waals surface area contributed by atoms with Crippen LogP contribution in [0.15, 0.2) is 24.3 Å². The summed E-state index contributed by atoms with van der Waals surface area (Å²) in [6, 6.07) is 5.39. The molecular formula is C14H18FN3O3. The highest BCUT2D eigenvalue weighted by Crippen LogP contribution is 2.08. The van der Waals surface area contributed by atoms with Crippen LogP contribution >= 0.6 is 0 Å². The van der Waals surface area contributed by atoms with E-state index < -0.39 is 17.6 Å². The minimum Gasteiger partial charge on any atom is -0.379 e. The van der Waals surface area contributed by atoms with E-state index in [1.165, 1.54) is 18.2 Å². The second-order valence-corrected chi connectivity index (χ2v) is 4.67. The van der Waals surface area contributed by atoms with Crippen molar-refractivity contribution in [3.63, 3.8) is 0 Å². The Labute approximate surface area is 122 Å². The van der Waals surface area contributed by atoms with E-state index in [2.05, 4.69) is 15.5 Å². The molecule has 7 heteroatoms. The lowest BCUT2D eigenvalue weighted by Crippen LogP contribution is -2.43.